The van der Waals surface area contributed by atoms with Gasteiger partial charge in [-0.3, -0.25) is 14.5 Å². The Morgan fingerprint density at radius 1 is 1.39 bits per heavy atom. The lowest BCUT2D eigenvalue weighted by atomic mass is 9.95. The molecule has 0 bridgehead atoms. The predicted octanol–water partition coefficient (Wildman–Crippen LogP) is 2.29. The molecule has 1 heterocycles. The number of ether oxygens (including phenoxy) is 2. The molecule has 1 fully saturated rings. The Balaban J connectivity index is 2.25. The number of carbonyl (C=O) groups excluding carboxylic acids is 2. The first kappa shape index (κ1) is 25.0. The van der Waals surface area contributed by atoms with Crippen LogP contribution in [0.15, 0.2) is 18.2 Å². The van der Waals surface area contributed by atoms with Crippen molar-refractivity contribution in [3.05, 3.63) is 18.2 Å². The molecule has 1 atom stereocenters. The van der Waals surface area contributed by atoms with E-state index in [2.05, 4.69) is 30.8 Å². The topological polar surface area (TPSA) is 97.1 Å². The van der Waals surface area contributed by atoms with Gasteiger partial charge in [-0.25, -0.2) is 0 Å². The van der Waals surface area contributed by atoms with E-state index in [1.807, 2.05) is 11.8 Å². The number of benzene rings is 1. The van der Waals surface area contributed by atoms with Crippen molar-refractivity contribution in [1.29, 1.82) is 0 Å². The van der Waals surface area contributed by atoms with E-state index >= 15 is 0 Å². The number of nitrogens with one attached hydrogen (secondary N) is 1. The van der Waals surface area contributed by atoms with Crippen molar-refractivity contribution in [1.82, 2.24) is 4.90 Å². The van der Waals surface area contributed by atoms with Gasteiger partial charge in [0.25, 0.3) is 5.91 Å². The Morgan fingerprint density at radius 2 is 2.10 bits per heavy atom. The molecule has 174 valence electrons. The molecule has 1 aliphatic heterocycles. The largest absolute Gasteiger partial charge is 0.433 e. The molecule has 10 heteroatoms. The van der Waals surface area contributed by atoms with Crippen LogP contribution in [0, 0.1) is 5.41 Å². The Morgan fingerprint density at radius 3 is 2.65 bits per heavy atom. The maximum Gasteiger partial charge on any atom is 0.387 e. The standard InChI is InChI=1S/C21H32F2N4O4/c1-5-26(13-21(2,3)4)16(11-24)19(29)25-14-6-7-15(17(10-14)31-20(22)23)27-8-9-30-12-18(27)28/h6-7,10,16,20H,5,8-9,11-13,24H2,1-4H3,(H,25,29)/t16-/m1/s1. The van der Waals surface area contributed by atoms with Gasteiger partial charge in [-0.2, -0.15) is 8.78 Å². The number of anilines is 2. The van der Waals surface area contributed by atoms with Gasteiger partial charge in [0.1, 0.15) is 12.6 Å². The zero-order valence-corrected chi connectivity index (χ0v) is 18.5. The van der Waals surface area contributed by atoms with E-state index in [9.17, 15) is 18.4 Å². The second kappa shape index (κ2) is 10.8. The molecule has 1 aromatic carbocycles. The molecular weight excluding hydrogens is 410 g/mol. The third-order valence-corrected chi connectivity index (χ3v) is 4.77. The number of hydrogen-bond donors (Lipinski definition) is 2. The van der Waals surface area contributed by atoms with Crippen LogP contribution in [-0.4, -0.2) is 68.8 Å². The Labute approximate surface area is 181 Å². The highest BCUT2D eigenvalue weighted by Crippen LogP contribution is 2.33. The van der Waals surface area contributed by atoms with Crippen molar-refractivity contribution in [2.24, 2.45) is 11.1 Å². The van der Waals surface area contributed by atoms with Crippen LogP contribution < -0.4 is 20.7 Å². The molecule has 31 heavy (non-hydrogen) atoms. The lowest BCUT2D eigenvalue weighted by Crippen LogP contribution is -2.51. The second-order valence-corrected chi connectivity index (χ2v) is 8.52. The molecular formula is C21H32F2N4O4. The summed E-state index contributed by atoms with van der Waals surface area (Å²) in [4.78, 5) is 28.3. The fraction of sp³-hybridized carbons (Fsp3) is 0.619. The summed E-state index contributed by atoms with van der Waals surface area (Å²) in [5.74, 6) is -0.896. The Hall–Kier alpha value is -2.30. The van der Waals surface area contributed by atoms with E-state index in [1.54, 1.807) is 6.07 Å². The molecule has 0 aliphatic carbocycles. The van der Waals surface area contributed by atoms with Crippen molar-refractivity contribution < 1.29 is 27.8 Å². The third-order valence-electron chi connectivity index (χ3n) is 4.77. The molecule has 0 spiro atoms. The minimum Gasteiger partial charge on any atom is -0.433 e. The van der Waals surface area contributed by atoms with Gasteiger partial charge in [0.15, 0.2) is 5.75 Å². The van der Waals surface area contributed by atoms with Crippen molar-refractivity contribution in [2.45, 2.75) is 40.3 Å². The summed E-state index contributed by atoms with van der Waals surface area (Å²) >= 11 is 0. The number of nitrogens with two attached hydrogens (primary N) is 1. The lowest BCUT2D eigenvalue weighted by Gasteiger charge is -2.34. The summed E-state index contributed by atoms with van der Waals surface area (Å²) in [6.07, 6.45) is 0. The number of likely N-dealkylation sites (N-methyl/N-ethyl adjacent to an activating group) is 1. The summed E-state index contributed by atoms with van der Waals surface area (Å²) in [5.41, 5.74) is 6.31. The number of amides is 2. The van der Waals surface area contributed by atoms with Gasteiger partial charge in [0.05, 0.1) is 12.3 Å². The van der Waals surface area contributed by atoms with Crippen molar-refractivity contribution in [2.75, 3.05) is 49.6 Å². The molecule has 1 aliphatic rings. The van der Waals surface area contributed by atoms with Crippen LogP contribution in [0.5, 0.6) is 5.75 Å². The van der Waals surface area contributed by atoms with E-state index in [1.165, 1.54) is 17.0 Å². The Kier molecular flexibility index (Phi) is 8.72. The highest BCUT2D eigenvalue weighted by atomic mass is 19.3. The number of morpholine rings is 1. The molecule has 0 saturated carbocycles. The van der Waals surface area contributed by atoms with Crippen LogP contribution in [0.1, 0.15) is 27.7 Å². The number of hydrogen-bond acceptors (Lipinski definition) is 6. The van der Waals surface area contributed by atoms with Crippen molar-refractivity contribution in [3.63, 3.8) is 0 Å². The Bertz CT molecular complexity index is 770. The van der Waals surface area contributed by atoms with Crippen LogP contribution in [0.3, 0.4) is 0 Å². The molecule has 3 N–H and O–H groups in total. The van der Waals surface area contributed by atoms with E-state index in [0.29, 0.717) is 13.1 Å². The zero-order valence-electron chi connectivity index (χ0n) is 18.5. The number of carbonyl (C=O) groups is 2. The lowest BCUT2D eigenvalue weighted by molar-refractivity contribution is -0.126. The molecule has 0 radical (unpaired) electrons. The van der Waals surface area contributed by atoms with E-state index in [0.717, 1.165) is 0 Å². The monoisotopic (exact) mass is 442 g/mol. The SMILES string of the molecule is CCN(CC(C)(C)C)[C@H](CN)C(=O)Nc1ccc(N2CCOCC2=O)c(OC(F)F)c1. The first-order valence-corrected chi connectivity index (χ1v) is 10.3. The smallest absolute Gasteiger partial charge is 0.387 e. The highest BCUT2D eigenvalue weighted by molar-refractivity contribution is 5.98. The van der Waals surface area contributed by atoms with Gasteiger partial charge in [-0.1, -0.05) is 27.7 Å². The zero-order chi connectivity index (χ0) is 23.2. The molecule has 2 rings (SSSR count). The van der Waals surface area contributed by atoms with Gasteiger partial charge in [0, 0.05) is 31.4 Å². The summed E-state index contributed by atoms with van der Waals surface area (Å²) < 4.78 is 35.7. The highest BCUT2D eigenvalue weighted by Gasteiger charge is 2.28. The molecule has 8 nitrogen and oxygen atoms in total. The van der Waals surface area contributed by atoms with Crippen LogP contribution in [0.4, 0.5) is 20.2 Å². The third kappa shape index (κ3) is 7.12. The van der Waals surface area contributed by atoms with Crippen LogP contribution in [0.25, 0.3) is 0 Å². The van der Waals surface area contributed by atoms with Gasteiger partial charge < -0.3 is 25.4 Å². The fourth-order valence-corrected chi connectivity index (χ4v) is 3.48. The fourth-order valence-electron chi connectivity index (χ4n) is 3.48. The first-order chi connectivity index (χ1) is 14.6. The number of rotatable bonds is 9. The van der Waals surface area contributed by atoms with E-state index in [-0.39, 0.29) is 60.7 Å². The minimum absolute atomic E-state index is 0.0334. The molecule has 0 aromatic heterocycles. The van der Waals surface area contributed by atoms with Gasteiger partial charge in [-0.05, 0) is 24.1 Å². The van der Waals surface area contributed by atoms with Gasteiger partial charge in [-0.15, -0.1) is 0 Å². The molecule has 1 saturated heterocycles. The number of nitrogens with zero attached hydrogens (tertiary/aromatic N) is 2. The predicted molar refractivity (Wildman–Crippen MR) is 114 cm³/mol. The van der Waals surface area contributed by atoms with Crippen LogP contribution >= 0.6 is 0 Å². The quantitative estimate of drug-likeness (QED) is 0.609. The minimum atomic E-state index is -3.08. The number of halogens is 2. The molecule has 0 unspecified atom stereocenters. The van der Waals surface area contributed by atoms with E-state index < -0.39 is 12.7 Å². The molecule has 2 amide bonds. The van der Waals surface area contributed by atoms with Gasteiger partial charge >= 0.3 is 6.61 Å². The van der Waals surface area contributed by atoms with Crippen LogP contribution in [0.2, 0.25) is 0 Å². The normalized spacial score (nSPS) is 16.0. The van der Waals surface area contributed by atoms with Crippen molar-refractivity contribution >= 4 is 23.2 Å². The summed E-state index contributed by atoms with van der Waals surface area (Å²) in [7, 11) is 0. The van der Waals surface area contributed by atoms with Crippen molar-refractivity contribution in [3.8, 4) is 5.75 Å². The number of alkyl halides is 2. The summed E-state index contributed by atoms with van der Waals surface area (Å²) in [5, 5.41) is 2.73. The average molecular weight is 443 g/mol. The van der Waals surface area contributed by atoms with Crippen LogP contribution in [-0.2, 0) is 14.3 Å². The summed E-state index contributed by atoms with van der Waals surface area (Å²) in [6, 6.07) is 3.72. The second-order valence-electron chi connectivity index (χ2n) is 8.52. The average Bonchev–Trinajstić information content (AvgIpc) is 2.67. The first-order valence-electron chi connectivity index (χ1n) is 10.3. The van der Waals surface area contributed by atoms with Gasteiger partial charge in [0.2, 0.25) is 5.91 Å². The maximum atomic E-state index is 13.0. The maximum absolute atomic E-state index is 13.0. The van der Waals surface area contributed by atoms with E-state index in [4.69, 9.17) is 10.5 Å². The summed E-state index contributed by atoms with van der Waals surface area (Å²) in [6.45, 7) is 6.85. The molecule has 1 aromatic rings.